The van der Waals surface area contributed by atoms with Crippen molar-refractivity contribution in [2.24, 2.45) is 0 Å². The van der Waals surface area contributed by atoms with Gasteiger partial charge in [-0.2, -0.15) is 17.0 Å². The molecule has 4 aromatic rings. The number of aromatic nitrogens is 5. The molecule has 0 bridgehead atoms. The van der Waals surface area contributed by atoms with Crippen LogP contribution in [-0.2, 0) is 86.7 Å². The Bertz CT molecular complexity index is 4460. The molecule has 9 atom stereocenters. The monoisotopic (exact) mass is 1620 g/mol. The van der Waals surface area contributed by atoms with Crippen molar-refractivity contribution >= 4 is 109 Å². The predicted molar refractivity (Wildman–Crippen MR) is 386 cm³/mol. The van der Waals surface area contributed by atoms with Gasteiger partial charge in [-0.3, -0.25) is 46.7 Å². The normalized spacial score (nSPS) is 20.6. The van der Waals surface area contributed by atoms with Crippen LogP contribution in [0.4, 0.5) is 11.5 Å². The first-order valence-electron chi connectivity index (χ1n) is 32.7. The lowest BCUT2D eigenvalue weighted by atomic mass is 9.83. The number of anilines is 2. The van der Waals surface area contributed by atoms with Gasteiger partial charge in [-0.25, -0.2) is 33.0 Å². The van der Waals surface area contributed by atoms with Crippen LogP contribution in [0.2, 0.25) is 0 Å². The largest absolute Gasteiger partial charge is 0.490 e. The van der Waals surface area contributed by atoms with E-state index in [4.69, 9.17) is 34.8 Å². The molecule has 7 rings (SSSR count). The van der Waals surface area contributed by atoms with Crippen LogP contribution in [0.3, 0.4) is 0 Å². The second-order valence-corrected chi connectivity index (χ2v) is 34.5. The third kappa shape index (κ3) is 26.4. The number of nitrogens with two attached hydrogens (primary N) is 1. The van der Waals surface area contributed by atoms with E-state index in [1.807, 2.05) is 51.2 Å². The highest BCUT2D eigenvalue weighted by molar-refractivity contribution is 8.76. The van der Waals surface area contributed by atoms with Crippen molar-refractivity contribution in [2.45, 2.75) is 151 Å². The lowest BCUT2D eigenvalue weighted by molar-refractivity contribution is -0.128. The van der Waals surface area contributed by atoms with Crippen LogP contribution < -0.4 is 43.1 Å². The Hall–Kier alpha value is -6.51. The molecule has 3 aromatic heterocycles. The van der Waals surface area contributed by atoms with Crippen LogP contribution in [0.5, 0.6) is 0 Å². The predicted octanol–water partition coefficient (Wildman–Crippen LogP) is 3.48. The van der Waals surface area contributed by atoms with E-state index < -0.39 is 126 Å². The molecular formula is C61H85N11O27P4S3. The number of aliphatic hydroxyl groups excluding tert-OH is 2. The van der Waals surface area contributed by atoms with Gasteiger partial charge in [0.2, 0.25) is 23.6 Å². The number of nitrogens with zero attached hydrogens (tertiary/aromatic N) is 6. The number of fused-ring (bicyclic) bond motifs is 2. The van der Waals surface area contributed by atoms with E-state index in [-0.39, 0.29) is 109 Å². The van der Waals surface area contributed by atoms with Crippen LogP contribution >= 0.6 is 52.9 Å². The van der Waals surface area contributed by atoms with Crippen LogP contribution in [0.1, 0.15) is 115 Å². The van der Waals surface area contributed by atoms with E-state index in [0.29, 0.717) is 50.6 Å². The molecular weight excluding hydrogens is 1540 g/mol. The Morgan fingerprint density at radius 2 is 1.45 bits per heavy atom. The molecule has 45 heteroatoms. The average molecular weight is 1620 g/mol. The van der Waals surface area contributed by atoms with Gasteiger partial charge in [0.05, 0.1) is 47.8 Å². The molecule has 38 nitrogen and oxygen atoms in total. The standard InChI is InChI=1S/C61H85N11O27P4S3/c1-39(2)15-8-5-9-17-49-61(3,4)42-31-41(106(91,92)93)20-21-44(42)69(49)27-13-7-11-19-52(77)68-43(59(79)65-24-12-6-10-18-50(75)64-26-29-70-53(78)22-28-71(60(70)80)54-32-45(73)47(96-54)35-94-100(81,82)83)37-105-104-30-23-51(76)63-25-14-16-40-34-72(58-56(40)57(62)66-38-67-58)55-33-46(74)48(97-55)36-95-102(87,88)99-103(89,90)98-101(84,85)86/h5,8-9,15,17,20-22,28,31,34,38,43,45-48,54-55,73-74H,1,6-7,10-13,18-19,23-27,29-30,32-33,35-37H2,2-4H3,(H,63,76)(H,64,75)(H,65,79)(H,68,77)(H,87,88)(H,89,90)(H2,62,66,67)(H2,81,82,83)(H2,84,85,86)(H,91,92,93)/b9-5+,15-8+,49-17+. The summed E-state index contributed by atoms with van der Waals surface area (Å²) in [4.78, 5) is 144. The number of hydrogen-bond acceptors (Lipinski definition) is 26. The highest BCUT2D eigenvalue weighted by Gasteiger charge is 2.45. The Morgan fingerprint density at radius 3 is 2.12 bits per heavy atom. The number of aliphatic hydroxyl groups is 2. The summed E-state index contributed by atoms with van der Waals surface area (Å²) in [5.74, 6) is 4.47. The molecule has 2 saturated heterocycles. The summed E-state index contributed by atoms with van der Waals surface area (Å²) in [6, 6.07) is 4.56. The van der Waals surface area contributed by atoms with E-state index >= 15 is 0 Å². The van der Waals surface area contributed by atoms with Crippen molar-refractivity contribution in [2.75, 3.05) is 61.5 Å². The van der Waals surface area contributed by atoms with Crippen molar-refractivity contribution in [1.29, 1.82) is 0 Å². The Balaban J connectivity index is 0.896. The topological polar surface area (TPSA) is 560 Å². The molecule has 9 unspecified atom stereocenters. The van der Waals surface area contributed by atoms with Crippen molar-refractivity contribution in [3.8, 4) is 11.8 Å². The van der Waals surface area contributed by atoms with Crippen LogP contribution in [0.25, 0.3) is 11.0 Å². The molecule has 0 radical (unpaired) electrons. The van der Waals surface area contributed by atoms with Gasteiger partial charge in [0.1, 0.15) is 48.5 Å². The molecule has 4 amide bonds. The molecule has 584 valence electrons. The van der Waals surface area contributed by atoms with Crippen molar-refractivity contribution < 1.29 is 117 Å². The Kier molecular flexibility index (Phi) is 31.7. The summed E-state index contributed by atoms with van der Waals surface area (Å²) < 4.78 is 112. The maximum Gasteiger partial charge on any atom is 0.490 e. The number of allylic oxidation sites excluding steroid dienone is 7. The number of hydrogen-bond donors (Lipinski definition) is 14. The van der Waals surface area contributed by atoms with Crippen molar-refractivity contribution in [3.05, 3.63) is 123 Å². The summed E-state index contributed by atoms with van der Waals surface area (Å²) >= 11 is 0. The number of nitrogen functional groups attached to an aromatic ring is 1. The molecule has 0 aliphatic carbocycles. The zero-order valence-corrected chi connectivity index (χ0v) is 63.5. The molecule has 15 N–H and O–H groups in total. The van der Waals surface area contributed by atoms with Crippen LogP contribution in [0.15, 0.2) is 106 Å². The zero-order valence-electron chi connectivity index (χ0n) is 57.5. The molecule has 0 saturated carbocycles. The minimum Gasteiger partial charge on any atom is -0.390 e. The molecule has 3 aliphatic rings. The molecule has 0 spiro atoms. The van der Waals surface area contributed by atoms with Crippen LogP contribution in [0, 0.1) is 11.8 Å². The zero-order chi connectivity index (χ0) is 78.0. The summed E-state index contributed by atoms with van der Waals surface area (Å²) in [6.07, 6.45) is 8.67. The number of benzene rings is 1. The number of phosphoric acid groups is 4. The maximum absolute atomic E-state index is 13.8. The van der Waals surface area contributed by atoms with Gasteiger partial charge in [0, 0.05) is 105 Å². The first-order valence-corrected chi connectivity index (χ1v) is 42.7. The SMILES string of the molecule is C=C(C)/C=C/C=C/C=C1/N(CCCCCC(=O)NC(CSSCCC(=O)NCC#Cc2cn(C3CC(O)C(COP(=O)(O)OP(=O)(O)OP(=O)(O)O)O3)c3ncnc(N)c23)C(=O)NCCCCCC(=O)NCCn2c(=O)ccn(C3CC(O)C(COP(=O)(O)O)O3)c2=O)c2ccc(S(=O)(=O)O)cc2C1(C)C. The fourth-order valence-corrected chi connectivity index (χ4v) is 17.3. The number of amides is 4. The summed E-state index contributed by atoms with van der Waals surface area (Å²) in [5.41, 5.74) is 7.73. The fraction of sp³-hybridized carbons (Fsp3) is 0.508. The van der Waals surface area contributed by atoms with E-state index in [9.17, 15) is 80.0 Å². The number of carbonyl (C=O) groups excluding carboxylic acids is 4. The second kappa shape index (κ2) is 38.7. The summed E-state index contributed by atoms with van der Waals surface area (Å²) in [7, 11) is -23.9. The second-order valence-electron chi connectivity index (χ2n) is 24.8. The van der Waals surface area contributed by atoms with E-state index in [2.05, 4.69) is 72.2 Å². The van der Waals surface area contributed by atoms with Crippen molar-refractivity contribution in [1.82, 2.24) is 44.9 Å². The van der Waals surface area contributed by atoms with E-state index in [1.165, 1.54) is 44.5 Å². The lowest BCUT2D eigenvalue weighted by Gasteiger charge is -2.27. The highest BCUT2D eigenvalue weighted by Crippen LogP contribution is 2.66. The van der Waals surface area contributed by atoms with Gasteiger partial charge in [-0.15, -0.1) is 0 Å². The highest BCUT2D eigenvalue weighted by atomic mass is 33.1. The van der Waals surface area contributed by atoms with Gasteiger partial charge >= 0.3 is 37.0 Å². The van der Waals surface area contributed by atoms with Gasteiger partial charge in [-0.05, 0) is 62.4 Å². The molecule has 106 heavy (non-hydrogen) atoms. The van der Waals surface area contributed by atoms with E-state index in [1.54, 1.807) is 6.07 Å². The van der Waals surface area contributed by atoms with Gasteiger partial charge in [0.25, 0.3) is 15.7 Å². The minimum atomic E-state index is -5.81. The number of ether oxygens (including phenoxy) is 2. The summed E-state index contributed by atoms with van der Waals surface area (Å²) in [6.45, 7) is 8.29. The summed E-state index contributed by atoms with van der Waals surface area (Å²) in [5, 5.41) is 32.5. The molecule has 3 aliphatic heterocycles. The number of rotatable bonds is 40. The van der Waals surface area contributed by atoms with Gasteiger partial charge in [-0.1, -0.05) is 96.6 Å². The number of unbranched alkanes of at least 4 members (excludes halogenated alkanes) is 4. The average Bonchev–Trinajstić information content (AvgIpc) is 1.59. The lowest BCUT2D eigenvalue weighted by Crippen LogP contribution is -2.48. The number of nitrogens with one attached hydrogen (secondary N) is 4. The Morgan fingerprint density at radius 1 is 0.792 bits per heavy atom. The van der Waals surface area contributed by atoms with Gasteiger partial charge in [0.15, 0.2) is 0 Å². The quantitative estimate of drug-likeness (QED) is 0.00757. The first-order chi connectivity index (χ1) is 49.7. The molecule has 2 fully saturated rings. The number of phosphoric ester groups is 2. The fourth-order valence-electron chi connectivity index (χ4n) is 11.3. The van der Waals surface area contributed by atoms with Crippen molar-refractivity contribution in [3.63, 3.8) is 0 Å². The number of carbonyl (C=O) groups is 4. The molecule has 6 heterocycles. The smallest absolute Gasteiger partial charge is 0.390 e. The minimum absolute atomic E-state index is 0.00446. The van der Waals surface area contributed by atoms with E-state index in [0.717, 1.165) is 44.7 Å². The molecule has 1 aromatic carbocycles. The maximum atomic E-state index is 13.8. The van der Waals surface area contributed by atoms with Gasteiger partial charge < -0.3 is 85.5 Å². The third-order valence-corrected chi connectivity index (χ3v) is 23.9. The Labute approximate surface area is 615 Å². The first kappa shape index (κ1) is 86.7. The van der Waals surface area contributed by atoms with Crippen LogP contribution in [-0.4, -0.2) is 181 Å². The third-order valence-electron chi connectivity index (χ3n) is 16.3.